The molecule has 0 unspecified atom stereocenters. The van der Waals surface area contributed by atoms with Crippen LogP contribution in [0.3, 0.4) is 0 Å². The summed E-state index contributed by atoms with van der Waals surface area (Å²) in [4.78, 5) is 27.7. The average Bonchev–Trinajstić information content (AvgIpc) is 2.93. The molecule has 0 aromatic heterocycles. The number of ether oxygens (including phenoxy) is 3. The zero-order valence-corrected chi connectivity index (χ0v) is 23.4. The minimum absolute atomic E-state index is 0.120. The van der Waals surface area contributed by atoms with Gasteiger partial charge in [-0.15, -0.1) is 6.58 Å². The number of aryl methyl sites for hydroxylation is 1. The van der Waals surface area contributed by atoms with Crippen LogP contribution in [0.25, 0.3) is 0 Å². The monoisotopic (exact) mass is 552 g/mol. The van der Waals surface area contributed by atoms with Gasteiger partial charge in [-0.3, -0.25) is 9.59 Å². The third-order valence-corrected chi connectivity index (χ3v) is 7.62. The van der Waals surface area contributed by atoms with Crippen LogP contribution < -0.4 is 4.74 Å². The molecule has 200 valence electrons. The number of rotatable bonds is 14. The maximum absolute atomic E-state index is 12.9. The first-order chi connectivity index (χ1) is 18.4. The third-order valence-electron chi connectivity index (χ3n) is 5.99. The van der Waals surface area contributed by atoms with Crippen LogP contribution in [0.5, 0.6) is 5.75 Å². The molecule has 3 aromatic carbocycles. The second-order valence-electron chi connectivity index (χ2n) is 8.59. The maximum Gasteiger partial charge on any atom is 0.323 e. The molecule has 0 atom stereocenters. The van der Waals surface area contributed by atoms with Gasteiger partial charge in [0.15, 0.2) is 5.41 Å². The Morgan fingerprint density at radius 2 is 1.58 bits per heavy atom. The first-order valence-electron chi connectivity index (χ1n) is 12.6. The summed E-state index contributed by atoms with van der Waals surface area (Å²) in [6.07, 6.45) is 2.26. The van der Waals surface area contributed by atoms with Crippen LogP contribution in [0.15, 0.2) is 95.2 Å². The number of allylic oxidation sites excluding steroid dienone is 1. The van der Waals surface area contributed by atoms with Gasteiger partial charge in [0.25, 0.3) is 0 Å². The molecular weight excluding hydrogens is 520 g/mol. The number of hydrogen-bond acceptors (Lipinski definition) is 6. The predicted octanol–water partition coefficient (Wildman–Crippen LogP) is 7.69. The molecule has 0 saturated carbocycles. The summed E-state index contributed by atoms with van der Waals surface area (Å²) >= 11 is 8.33. The van der Waals surface area contributed by atoms with Crippen molar-refractivity contribution in [2.75, 3.05) is 13.2 Å². The number of benzene rings is 3. The van der Waals surface area contributed by atoms with Gasteiger partial charge in [0, 0.05) is 9.79 Å². The molecule has 0 N–H and O–H groups in total. The number of hydrogen-bond donors (Lipinski definition) is 0. The van der Waals surface area contributed by atoms with Gasteiger partial charge < -0.3 is 14.2 Å². The SMILES string of the molecule is C=CCC(CCc1cccc(Sc2ccc(OCc3ccccc3)cc2)c1Cl)(C(=O)OCC)C(=O)OCC. The lowest BCUT2D eigenvalue weighted by Crippen LogP contribution is -2.42. The Labute approximate surface area is 234 Å². The number of halogens is 1. The van der Waals surface area contributed by atoms with Crippen molar-refractivity contribution >= 4 is 35.3 Å². The summed E-state index contributed by atoms with van der Waals surface area (Å²) < 4.78 is 16.4. The van der Waals surface area contributed by atoms with Crippen LogP contribution in [0.4, 0.5) is 0 Å². The largest absolute Gasteiger partial charge is 0.489 e. The van der Waals surface area contributed by atoms with Crippen molar-refractivity contribution in [3.05, 3.63) is 102 Å². The smallest absolute Gasteiger partial charge is 0.323 e. The van der Waals surface area contributed by atoms with E-state index >= 15 is 0 Å². The molecule has 0 spiro atoms. The zero-order chi connectivity index (χ0) is 27.4. The second kappa shape index (κ2) is 14.6. The standard InChI is InChI=1S/C31H33ClO5S/c1-4-20-31(29(33)35-5-2,30(34)36-6-3)21-19-24-13-10-14-27(28(24)32)38-26-17-15-25(16-18-26)37-22-23-11-8-7-9-12-23/h4,7-18H,1,5-6,19-22H2,2-3H3. The van der Waals surface area contributed by atoms with Crippen molar-refractivity contribution in [1.82, 2.24) is 0 Å². The average molecular weight is 553 g/mol. The number of esters is 2. The topological polar surface area (TPSA) is 61.8 Å². The molecule has 0 aliphatic carbocycles. The highest BCUT2D eigenvalue weighted by Gasteiger charge is 2.47. The quantitative estimate of drug-likeness (QED) is 0.116. The van der Waals surface area contributed by atoms with Gasteiger partial charge >= 0.3 is 11.9 Å². The summed E-state index contributed by atoms with van der Waals surface area (Å²) in [5.41, 5.74) is 0.481. The van der Waals surface area contributed by atoms with Crippen LogP contribution in [-0.2, 0) is 32.1 Å². The van der Waals surface area contributed by atoms with Gasteiger partial charge in [-0.2, -0.15) is 0 Å². The van der Waals surface area contributed by atoms with Crippen molar-refractivity contribution in [2.24, 2.45) is 5.41 Å². The Bertz CT molecular complexity index is 1190. The normalized spacial score (nSPS) is 11.0. The predicted molar refractivity (Wildman–Crippen MR) is 152 cm³/mol. The summed E-state index contributed by atoms with van der Waals surface area (Å²) in [7, 11) is 0. The summed E-state index contributed by atoms with van der Waals surface area (Å²) in [6, 6.07) is 23.6. The van der Waals surface area contributed by atoms with E-state index in [9.17, 15) is 9.59 Å². The van der Waals surface area contributed by atoms with E-state index < -0.39 is 17.4 Å². The molecule has 0 fully saturated rings. The summed E-state index contributed by atoms with van der Waals surface area (Å²) in [6.45, 7) is 8.00. The molecule has 5 nitrogen and oxygen atoms in total. The van der Waals surface area contributed by atoms with Gasteiger partial charge in [0.05, 0.1) is 18.2 Å². The summed E-state index contributed by atoms with van der Waals surface area (Å²) in [5.74, 6) is -0.418. The molecule has 0 heterocycles. The Hall–Kier alpha value is -3.22. The van der Waals surface area contributed by atoms with Crippen molar-refractivity contribution in [2.45, 2.75) is 49.5 Å². The van der Waals surface area contributed by atoms with E-state index in [2.05, 4.69) is 6.58 Å². The van der Waals surface area contributed by atoms with Crippen LogP contribution in [0.2, 0.25) is 5.02 Å². The Morgan fingerprint density at radius 1 is 0.921 bits per heavy atom. The van der Waals surface area contributed by atoms with E-state index in [-0.39, 0.29) is 26.1 Å². The lowest BCUT2D eigenvalue weighted by atomic mass is 9.79. The van der Waals surface area contributed by atoms with Gasteiger partial charge in [-0.1, -0.05) is 71.9 Å². The fourth-order valence-electron chi connectivity index (χ4n) is 3.99. The molecule has 0 aliphatic rings. The van der Waals surface area contributed by atoms with E-state index in [4.69, 9.17) is 25.8 Å². The van der Waals surface area contributed by atoms with E-state index in [1.54, 1.807) is 19.9 Å². The molecule has 38 heavy (non-hydrogen) atoms. The van der Waals surface area contributed by atoms with Crippen LogP contribution in [0.1, 0.15) is 37.8 Å². The van der Waals surface area contributed by atoms with Gasteiger partial charge in [-0.05, 0) is 74.6 Å². The molecule has 0 radical (unpaired) electrons. The fraction of sp³-hybridized carbons (Fsp3) is 0.290. The summed E-state index contributed by atoms with van der Waals surface area (Å²) in [5, 5.41) is 0.585. The highest BCUT2D eigenvalue weighted by molar-refractivity contribution is 7.99. The van der Waals surface area contributed by atoms with Crippen molar-refractivity contribution in [1.29, 1.82) is 0 Å². The maximum atomic E-state index is 12.9. The van der Waals surface area contributed by atoms with Crippen LogP contribution >= 0.6 is 23.4 Å². The van der Waals surface area contributed by atoms with Gasteiger partial charge in [0.2, 0.25) is 0 Å². The highest BCUT2D eigenvalue weighted by Crippen LogP contribution is 2.38. The van der Waals surface area contributed by atoms with Crippen molar-refractivity contribution in [3.8, 4) is 5.75 Å². The molecule has 7 heteroatoms. The van der Waals surface area contributed by atoms with E-state index in [0.29, 0.717) is 18.1 Å². The van der Waals surface area contributed by atoms with Crippen molar-refractivity contribution < 1.29 is 23.8 Å². The third kappa shape index (κ3) is 7.65. The molecule has 0 amide bonds. The van der Waals surface area contributed by atoms with E-state index in [1.165, 1.54) is 11.8 Å². The van der Waals surface area contributed by atoms with Gasteiger partial charge in [0.1, 0.15) is 12.4 Å². The van der Waals surface area contributed by atoms with Gasteiger partial charge in [-0.25, -0.2) is 0 Å². The minimum atomic E-state index is -1.46. The zero-order valence-electron chi connectivity index (χ0n) is 21.8. The molecule has 0 aliphatic heterocycles. The van der Waals surface area contributed by atoms with Crippen LogP contribution in [-0.4, -0.2) is 25.2 Å². The minimum Gasteiger partial charge on any atom is -0.489 e. The first kappa shape index (κ1) is 29.3. The van der Waals surface area contributed by atoms with E-state index in [1.807, 2.05) is 72.8 Å². The lowest BCUT2D eigenvalue weighted by molar-refractivity contribution is -0.172. The Morgan fingerprint density at radius 3 is 2.18 bits per heavy atom. The first-order valence-corrected chi connectivity index (χ1v) is 13.8. The molecular formula is C31H33ClO5S. The molecule has 3 rings (SSSR count). The Kier molecular flexibility index (Phi) is 11.3. The number of carbonyl (C=O) groups excluding carboxylic acids is 2. The lowest BCUT2D eigenvalue weighted by Gasteiger charge is -2.28. The molecule has 0 saturated heterocycles. The van der Waals surface area contributed by atoms with Crippen LogP contribution in [0, 0.1) is 5.41 Å². The highest BCUT2D eigenvalue weighted by atomic mass is 35.5. The Balaban J connectivity index is 1.72. The van der Waals surface area contributed by atoms with E-state index in [0.717, 1.165) is 26.7 Å². The molecule has 3 aromatic rings. The fourth-order valence-corrected chi connectivity index (χ4v) is 5.22. The second-order valence-corrected chi connectivity index (χ2v) is 10.1. The van der Waals surface area contributed by atoms with Crippen molar-refractivity contribution in [3.63, 3.8) is 0 Å². The molecule has 0 bridgehead atoms. The number of carbonyl (C=O) groups is 2.